The molecule has 0 aliphatic rings. The van der Waals surface area contributed by atoms with Crippen LogP contribution in [-0.4, -0.2) is 10.3 Å². The monoisotopic (exact) mass is 190 g/mol. The molecule has 0 aliphatic carbocycles. The molecule has 0 saturated heterocycles. The Hall–Kier alpha value is -1.97. The van der Waals surface area contributed by atoms with Crippen LogP contribution in [0, 0.1) is 6.92 Å². The summed E-state index contributed by atoms with van der Waals surface area (Å²) >= 11 is 0. The summed E-state index contributed by atoms with van der Waals surface area (Å²) in [5.74, 6) is 0.552. The third-order valence-corrected chi connectivity index (χ3v) is 2.00. The molecule has 0 saturated carbocycles. The number of nitrogen functional groups attached to an aromatic ring is 1. The van der Waals surface area contributed by atoms with Gasteiger partial charge < -0.3 is 15.4 Å². The van der Waals surface area contributed by atoms with Gasteiger partial charge in [-0.2, -0.15) is 0 Å². The third kappa shape index (κ3) is 1.31. The number of phenolic OH excluding ortho intramolecular Hbond substituents is 1. The van der Waals surface area contributed by atoms with Gasteiger partial charge in [0.15, 0.2) is 5.76 Å². The van der Waals surface area contributed by atoms with Crippen LogP contribution in [-0.2, 0) is 0 Å². The molecule has 0 radical (unpaired) electrons. The molecule has 0 aliphatic heterocycles. The van der Waals surface area contributed by atoms with Crippen molar-refractivity contribution in [3.8, 4) is 17.1 Å². The second kappa shape index (κ2) is 3.06. The van der Waals surface area contributed by atoms with E-state index in [1.807, 2.05) is 13.0 Å². The number of rotatable bonds is 1. The van der Waals surface area contributed by atoms with Gasteiger partial charge in [0, 0.05) is 0 Å². The van der Waals surface area contributed by atoms with E-state index < -0.39 is 0 Å². The number of hydrogen-bond donors (Lipinski definition) is 2. The van der Waals surface area contributed by atoms with Gasteiger partial charge in [-0.3, -0.25) is 0 Å². The summed E-state index contributed by atoms with van der Waals surface area (Å²) in [5.41, 5.74) is 7.57. The Balaban J connectivity index is 2.58. The summed E-state index contributed by atoms with van der Waals surface area (Å²) in [6.07, 6.45) is 1.41. The molecule has 4 heteroatoms. The lowest BCUT2D eigenvalue weighted by atomic mass is 10.1. The van der Waals surface area contributed by atoms with E-state index in [1.54, 1.807) is 12.1 Å². The average molecular weight is 190 g/mol. The predicted octanol–water partition coefficient (Wildman–Crippen LogP) is 1.94. The zero-order valence-electron chi connectivity index (χ0n) is 7.69. The summed E-state index contributed by atoms with van der Waals surface area (Å²) in [6, 6.07) is 5.27. The number of phenols is 1. The standard InChI is InChI=1S/C10H10N2O2/c1-6-2-3-7(9(13)4-6)10-8(11)5-12-14-10/h2-5,13H,11H2,1H3. The van der Waals surface area contributed by atoms with Gasteiger partial charge >= 0.3 is 0 Å². The molecule has 2 aromatic rings. The van der Waals surface area contributed by atoms with Crippen molar-refractivity contribution < 1.29 is 9.63 Å². The third-order valence-electron chi connectivity index (χ3n) is 2.00. The molecule has 72 valence electrons. The number of aryl methyl sites for hydroxylation is 1. The summed E-state index contributed by atoms with van der Waals surface area (Å²) in [5, 5.41) is 13.2. The van der Waals surface area contributed by atoms with Crippen LogP contribution >= 0.6 is 0 Å². The van der Waals surface area contributed by atoms with E-state index >= 15 is 0 Å². The van der Waals surface area contributed by atoms with Gasteiger partial charge in [-0.15, -0.1) is 0 Å². The van der Waals surface area contributed by atoms with Gasteiger partial charge in [0.2, 0.25) is 0 Å². The molecule has 0 bridgehead atoms. The van der Waals surface area contributed by atoms with Crippen LogP contribution in [0.3, 0.4) is 0 Å². The molecule has 0 unspecified atom stereocenters. The highest BCUT2D eigenvalue weighted by atomic mass is 16.5. The fraction of sp³-hybridized carbons (Fsp3) is 0.100. The SMILES string of the molecule is Cc1ccc(-c2oncc2N)c(O)c1. The van der Waals surface area contributed by atoms with E-state index in [2.05, 4.69) is 5.16 Å². The quantitative estimate of drug-likeness (QED) is 0.720. The van der Waals surface area contributed by atoms with E-state index in [9.17, 15) is 5.11 Å². The normalized spacial score (nSPS) is 10.4. The van der Waals surface area contributed by atoms with E-state index in [-0.39, 0.29) is 5.75 Å². The van der Waals surface area contributed by atoms with Gasteiger partial charge in [0.25, 0.3) is 0 Å². The van der Waals surface area contributed by atoms with E-state index in [4.69, 9.17) is 10.3 Å². The molecule has 0 fully saturated rings. The summed E-state index contributed by atoms with van der Waals surface area (Å²) < 4.78 is 4.94. The van der Waals surface area contributed by atoms with Crippen molar-refractivity contribution >= 4 is 5.69 Å². The van der Waals surface area contributed by atoms with Crippen LogP contribution in [0.4, 0.5) is 5.69 Å². The summed E-state index contributed by atoms with van der Waals surface area (Å²) in [6.45, 7) is 1.90. The van der Waals surface area contributed by atoms with Crippen LogP contribution in [0.15, 0.2) is 28.9 Å². The van der Waals surface area contributed by atoms with Crippen molar-refractivity contribution in [2.24, 2.45) is 0 Å². The molecule has 0 spiro atoms. The summed E-state index contributed by atoms with van der Waals surface area (Å²) in [7, 11) is 0. The highest BCUT2D eigenvalue weighted by Crippen LogP contribution is 2.33. The van der Waals surface area contributed by atoms with Gasteiger partial charge in [-0.25, -0.2) is 0 Å². The maximum atomic E-state index is 9.64. The molecule has 0 amide bonds. The van der Waals surface area contributed by atoms with Crippen molar-refractivity contribution in [2.75, 3.05) is 5.73 Å². The Morgan fingerprint density at radius 1 is 1.43 bits per heavy atom. The number of nitrogens with zero attached hydrogens (tertiary/aromatic N) is 1. The fourth-order valence-electron chi connectivity index (χ4n) is 1.29. The number of nitrogens with two attached hydrogens (primary N) is 1. The molecule has 1 aromatic heterocycles. The van der Waals surface area contributed by atoms with Gasteiger partial charge in [-0.05, 0) is 24.6 Å². The number of aromatic hydroxyl groups is 1. The van der Waals surface area contributed by atoms with Crippen LogP contribution in [0.25, 0.3) is 11.3 Å². The van der Waals surface area contributed by atoms with Crippen LogP contribution in [0.5, 0.6) is 5.75 Å². The lowest BCUT2D eigenvalue weighted by Gasteiger charge is -2.02. The Kier molecular flexibility index (Phi) is 1.89. The average Bonchev–Trinajstić information content (AvgIpc) is 2.52. The molecular weight excluding hydrogens is 180 g/mol. The minimum Gasteiger partial charge on any atom is -0.507 e. The molecule has 2 rings (SSSR count). The van der Waals surface area contributed by atoms with E-state index in [0.29, 0.717) is 17.0 Å². The second-order valence-electron chi connectivity index (χ2n) is 3.13. The number of aromatic nitrogens is 1. The predicted molar refractivity (Wildman–Crippen MR) is 52.8 cm³/mol. The Morgan fingerprint density at radius 3 is 2.79 bits per heavy atom. The van der Waals surface area contributed by atoms with Crippen LogP contribution in [0.1, 0.15) is 5.56 Å². The molecule has 3 N–H and O–H groups in total. The molecule has 14 heavy (non-hydrogen) atoms. The van der Waals surface area contributed by atoms with Crippen molar-refractivity contribution in [1.29, 1.82) is 0 Å². The minimum absolute atomic E-state index is 0.147. The Morgan fingerprint density at radius 2 is 2.21 bits per heavy atom. The second-order valence-corrected chi connectivity index (χ2v) is 3.13. The first-order valence-corrected chi connectivity index (χ1v) is 4.18. The van der Waals surface area contributed by atoms with Gasteiger partial charge in [0.05, 0.1) is 11.8 Å². The fourth-order valence-corrected chi connectivity index (χ4v) is 1.29. The number of hydrogen-bond acceptors (Lipinski definition) is 4. The number of anilines is 1. The first kappa shape index (κ1) is 8.62. The zero-order chi connectivity index (χ0) is 10.1. The molecule has 1 heterocycles. The zero-order valence-corrected chi connectivity index (χ0v) is 7.69. The van der Waals surface area contributed by atoms with Crippen molar-refractivity contribution in [2.45, 2.75) is 6.92 Å². The van der Waals surface area contributed by atoms with E-state index in [1.165, 1.54) is 6.20 Å². The Labute approximate surface area is 81.0 Å². The van der Waals surface area contributed by atoms with Crippen LogP contribution < -0.4 is 5.73 Å². The number of benzene rings is 1. The van der Waals surface area contributed by atoms with Crippen molar-refractivity contribution in [3.63, 3.8) is 0 Å². The largest absolute Gasteiger partial charge is 0.507 e. The van der Waals surface area contributed by atoms with Crippen molar-refractivity contribution in [1.82, 2.24) is 5.16 Å². The van der Waals surface area contributed by atoms with Crippen LogP contribution in [0.2, 0.25) is 0 Å². The van der Waals surface area contributed by atoms with Gasteiger partial charge in [-0.1, -0.05) is 11.2 Å². The highest BCUT2D eigenvalue weighted by molar-refractivity contribution is 5.74. The highest BCUT2D eigenvalue weighted by Gasteiger charge is 2.11. The minimum atomic E-state index is 0.147. The molecule has 0 atom stereocenters. The lowest BCUT2D eigenvalue weighted by molar-refractivity contribution is 0.426. The van der Waals surface area contributed by atoms with Gasteiger partial charge in [0.1, 0.15) is 11.4 Å². The molecule has 4 nitrogen and oxygen atoms in total. The molecular formula is C10H10N2O2. The first-order valence-electron chi connectivity index (χ1n) is 4.18. The maximum Gasteiger partial charge on any atom is 0.193 e. The maximum absolute atomic E-state index is 9.64. The first-order chi connectivity index (χ1) is 6.68. The van der Waals surface area contributed by atoms with Crippen molar-refractivity contribution in [3.05, 3.63) is 30.0 Å². The summed E-state index contributed by atoms with van der Waals surface area (Å²) in [4.78, 5) is 0. The lowest BCUT2D eigenvalue weighted by Crippen LogP contribution is -1.85. The van der Waals surface area contributed by atoms with E-state index in [0.717, 1.165) is 5.56 Å². The topological polar surface area (TPSA) is 72.3 Å². The molecule has 1 aromatic carbocycles. The smallest absolute Gasteiger partial charge is 0.193 e. The Bertz CT molecular complexity index is 463.